The van der Waals surface area contributed by atoms with E-state index in [9.17, 15) is 34.2 Å². The molecule has 4 atom stereocenters. The van der Waals surface area contributed by atoms with Gasteiger partial charge in [-0.05, 0) is 44.7 Å². The Balaban J connectivity index is 2.16. The normalized spacial score (nSPS) is 13.9. The van der Waals surface area contributed by atoms with E-state index in [2.05, 4.69) is 16.0 Å². The van der Waals surface area contributed by atoms with Crippen molar-refractivity contribution in [2.45, 2.75) is 82.7 Å². The third-order valence-corrected chi connectivity index (χ3v) is 6.24. The number of alkyl carbamates (subject to hydrolysis) is 1. The average molecular weight is 600 g/mol. The minimum atomic E-state index is -1.39. The third-order valence-electron chi connectivity index (χ3n) is 6.24. The molecular formula is C31H41N3O9. The average Bonchev–Trinajstić information content (AvgIpc) is 2.94. The SMILES string of the molecule is COC(=O)[C@H](Cc1ccccc1)NC(=O)[C@H](CCC(=O)O)NC(=O)C[C@@H](O)[C@@H](Cc1ccccc1)NC(=O)OC(C)(C)C. The van der Waals surface area contributed by atoms with Crippen LogP contribution in [0.2, 0.25) is 0 Å². The molecule has 0 spiro atoms. The van der Waals surface area contributed by atoms with Crippen molar-refractivity contribution in [1.82, 2.24) is 16.0 Å². The Bertz CT molecular complexity index is 1220. The summed E-state index contributed by atoms with van der Waals surface area (Å²) in [7, 11) is 1.18. The highest BCUT2D eigenvalue weighted by molar-refractivity contribution is 5.91. The van der Waals surface area contributed by atoms with Crippen molar-refractivity contribution in [2.75, 3.05) is 7.11 Å². The quantitative estimate of drug-likeness (QED) is 0.192. The minimum Gasteiger partial charge on any atom is -0.481 e. The van der Waals surface area contributed by atoms with E-state index >= 15 is 0 Å². The molecule has 2 aromatic rings. The summed E-state index contributed by atoms with van der Waals surface area (Å²) in [5.74, 6) is -3.46. The number of ether oxygens (including phenoxy) is 2. The first-order valence-corrected chi connectivity index (χ1v) is 13.9. The topological polar surface area (TPSA) is 180 Å². The van der Waals surface area contributed by atoms with Gasteiger partial charge in [-0.25, -0.2) is 9.59 Å². The number of carbonyl (C=O) groups excluding carboxylic acids is 4. The van der Waals surface area contributed by atoms with Gasteiger partial charge in [0.1, 0.15) is 17.7 Å². The zero-order chi connectivity index (χ0) is 32.0. The molecule has 43 heavy (non-hydrogen) atoms. The number of esters is 1. The lowest BCUT2D eigenvalue weighted by molar-refractivity contribution is -0.145. The molecule has 0 aliphatic rings. The summed E-state index contributed by atoms with van der Waals surface area (Å²) in [5, 5.41) is 27.8. The first-order valence-electron chi connectivity index (χ1n) is 13.9. The van der Waals surface area contributed by atoms with Crippen LogP contribution in [0.4, 0.5) is 4.79 Å². The largest absolute Gasteiger partial charge is 0.481 e. The predicted octanol–water partition coefficient (Wildman–Crippen LogP) is 2.12. The van der Waals surface area contributed by atoms with Gasteiger partial charge < -0.3 is 35.6 Å². The Morgan fingerprint density at radius 2 is 1.37 bits per heavy atom. The highest BCUT2D eigenvalue weighted by atomic mass is 16.6. The number of nitrogens with one attached hydrogen (secondary N) is 3. The molecule has 234 valence electrons. The number of carboxylic acid groups (broad SMARTS) is 1. The molecule has 0 radical (unpaired) electrons. The van der Waals surface area contributed by atoms with Gasteiger partial charge in [0.05, 0.1) is 25.7 Å². The monoisotopic (exact) mass is 599 g/mol. The molecule has 0 saturated heterocycles. The van der Waals surface area contributed by atoms with Crippen molar-refractivity contribution in [1.29, 1.82) is 0 Å². The van der Waals surface area contributed by atoms with Gasteiger partial charge in [0.15, 0.2) is 0 Å². The molecule has 0 aliphatic heterocycles. The van der Waals surface area contributed by atoms with Crippen LogP contribution in [0.15, 0.2) is 60.7 Å². The Kier molecular flexibility index (Phi) is 13.6. The number of carboxylic acids is 1. The number of aliphatic hydroxyl groups is 1. The van der Waals surface area contributed by atoms with Crippen LogP contribution in [-0.4, -0.2) is 77.0 Å². The number of benzene rings is 2. The zero-order valence-electron chi connectivity index (χ0n) is 24.9. The van der Waals surface area contributed by atoms with Crippen LogP contribution in [0.5, 0.6) is 0 Å². The summed E-state index contributed by atoms with van der Waals surface area (Å²) >= 11 is 0. The maximum atomic E-state index is 13.2. The van der Waals surface area contributed by atoms with Gasteiger partial charge >= 0.3 is 18.0 Å². The number of aliphatic hydroxyl groups excluding tert-OH is 1. The van der Waals surface area contributed by atoms with Gasteiger partial charge in [-0.15, -0.1) is 0 Å². The van der Waals surface area contributed by atoms with Crippen molar-refractivity contribution < 1.29 is 43.7 Å². The van der Waals surface area contributed by atoms with Crippen LogP contribution in [0.1, 0.15) is 51.2 Å². The molecule has 12 nitrogen and oxygen atoms in total. The molecule has 3 amide bonds. The van der Waals surface area contributed by atoms with Gasteiger partial charge in [-0.1, -0.05) is 60.7 Å². The van der Waals surface area contributed by atoms with Crippen molar-refractivity contribution in [3.63, 3.8) is 0 Å². The second kappa shape index (κ2) is 16.9. The van der Waals surface area contributed by atoms with E-state index < -0.39 is 72.5 Å². The fourth-order valence-electron chi connectivity index (χ4n) is 4.19. The third kappa shape index (κ3) is 13.4. The van der Waals surface area contributed by atoms with E-state index in [1.807, 2.05) is 6.07 Å². The lowest BCUT2D eigenvalue weighted by Crippen LogP contribution is -2.53. The lowest BCUT2D eigenvalue weighted by atomic mass is 9.98. The van der Waals surface area contributed by atoms with Crippen LogP contribution in [0.25, 0.3) is 0 Å². The molecule has 2 rings (SSSR count). The summed E-state index contributed by atoms with van der Waals surface area (Å²) in [6, 6.07) is 14.5. The molecule has 0 saturated carbocycles. The Hall–Kier alpha value is -4.45. The minimum absolute atomic E-state index is 0.106. The van der Waals surface area contributed by atoms with Crippen molar-refractivity contribution in [2.24, 2.45) is 0 Å². The first kappa shape index (κ1) is 34.7. The number of rotatable bonds is 15. The maximum absolute atomic E-state index is 13.2. The van der Waals surface area contributed by atoms with Gasteiger partial charge in [-0.3, -0.25) is 14.4 Å². The maximum Gasteiger partial charge on any atom is 0.407 e. The molecule has 0 unspecified atom stereocenters. The molecule has 0 bridgehead atoms. The molecule has 0 heterocycles. The highest BCUT2D eigenvalue weighted by Gasteiger charge is 2.31. The molecule has 2 aromatic carbocycles. The molecule has 12 heteroatoms. The number of hydrogen-bond donors (Lipinski definition) is 5. The van der Waals surface area contributed by atoms with Crippen LogP contribution in [0, 0.1) is 0 Å². The number of methoxy groups -OCH3 is 1. The molecular weight excluding hydrogens is 558 g/mol. The van der Waals surface area contributed by atoms with E-state index in [1.165, 1.54) is 7.11 Å². The molecule has 0 fully saturated rings. The van der Waals surface area contributed by atoms with Crippen LogP contribution >= 0.6 is 0 Å². The summed E-state index contributed by atoms with van der Waals surface area (Å²) in [5.41, 5.74) is 0.736. The van der Waals surface area contributed by atoms with Crippen molar-refractivity contribution in [3.05, 3.63) is 71.8 Å². The second-order valence-corrected chi connectivity index (χ2v) is 11.0. The Morgan fingerprint density at radius 1 is 0.814 bits per heavy atom. The van der Waals surface area contributed by atoms with E-state index in [-0.39, 0.29) is 19.3 Å². The summed E-state index contributed by atoms with van der Waals surface area (Å²) in [6.45, 7) is 5.07. The number of amides is 3. The van der Waals surface area contributed by atoms with Gasteiger partial charge in [0.25, 0.3) is 0 Å². The number of hydrogen-bond acceptors (Lipinski definition) is 8. The highest BCUT2D eigenvalue weighted by Crippen LogP contribution is 2.13. The predicted molar refractivity (Wildman–Crippen MR) is 157 cm³/mol. The van der Waals surface area contributed by atoms with Crippen molar-refractivity contribution in [3.8, 4) is 0 Å². The smallest absolute Gasteiger partial charge is 0.407 e. The van der Waals surface area contributed by atoms with E-state index in [4.69, 9.17) is 9.47 Å². The van der Waals surface area contributed by atoms with E-state index in [1.54, 1.807) is 75.4 Å². The van der Waals surface area contributed by atoms with Crippen molar-refractivity contribution >= 4 is 29.8 Å². The van der Waals surface area contributed by atoms with E-state index in [0.717, 1.165) is 11.1 Å². The van der Waals surface area contributed by atoms with Gasteiger partial charge in [-0.2, -0.15) is 0 Å². The first-order chi connectivity index (χ1) is 20.3. The fraction of sp³-hybridized carbons (Fsp3) is 0.452. The lowest BCUT2D eigenvalue weighted by Gasteiger charge is -2.27. The van der Waals surface area contributed by atoms with Gasteiger partial charge in [0, 0.05) is 12.8 Å². The fourth-order valence-corrected chi connectivity index (χ4v) is 4.19. The molecule has 5 N–H and O–H groups in total. The Labute approximate surface area is 251 Å². The van der Waals surface area contributed by atoms with Crippen LogP contribution in [-0.2, 0) is 41.5 Å². The standard InChI is InChI=1S/C31H41N3O9/c1-31(2,3)43-30(41)34-23(17-20-11-7-5-8-12-20)25(35)19-26(36)32-22(15-16-27(37)38)28(39)33-24(29(40)42-4)18-21-13-9-6-10-14-21/h5-14,22-25,35H,15-19H2,1-4H3,(H,32,36)(H,33,39)(H,34,41)(H,37,38)/t22-,23+,24-,25+/m0/s1. The molecule has 0 aliphatic carbocycles. The number of carbonyl (C=O) groups is 5. The summed E-state index contributed by atoms with van der Waals surface area (Å²) in [4.78, 5) is 62.4. The van der Waals surface area contributed by atoms with Crippen LogP contribution in [0.3, 0.4) is 0 Å². The van der Waals surface area contributed by atoms with E-state index in [0.29, 0.717) is 0 Å². The summed E-state index contributed by atoms with van der Waals surface area (Å²) < 4.78 is 10.1. The second-order valence-electron chi connectivity index (χ2n) is 11.0. The van der Waals surface area contributed by atoms with Crippen LogP contribution < -0.4 is 16.0 Å². The Morgan fingerprint density at radius 3 is 1.88 bits per heavy atom. The molecule has 0 aromatic heterocycles. The number of aliphatic carboxylic acids is 1. The summed E-state index contributed by atoms with van der Waals surface area (Å²) in [6.07, 6.45) is -3.12. The zero-order valence-corrected chi connectivity index (χ0v) is 24.9. The van der Waals surface area contributed by atoms with Gasteiger partial charge in [0.2, 0.25) is 11.8 Å².